The highest BCUT2D eigenvalue weighted by atomic mass is 16.5. The largest absolute Gasteiger partial charge is 0.463 e. The summed E-state index contributed by atoms with van der Waals surface area (Å²) in [5.74, 6) is -0.339. The first-order chi connectivity index (χ1) is 8.70. The zero-order chi connectivity index (χ0) is 13.0. The molecule has 0 bridgehead atoms. The Labute approximate surface area is 106 Å². The SMILES string of the molecule is CCOC(=O)/C=C/c1ncn(CC2CCO2)c1C. The molecule has 18 heavy (non-hydrogen) atoms. The Morgan fingerprint density at radius 1 is 1.72 bits per heavy atom. The van der Waals surface area contributed by atoms with Crippen molar-refractivity contribution in [1.29, 1.82) is 0 Å². The van der Waals surface area contributed by atoms with Gasteiger partial charge in [-0.05, 0) is 26.3 Å². The molecule has 1 saturated heterocycles. The first-order valence-electron chi connectivity index (χ1n) is 6.19. The summed E-state index contributed by atoms with van der Waals surface area (Å²) in [5.41, 5.74) is 1.83. The van der Waals surface area contributed by atoms with E-state index in [-0.39, 0.29) is 5.97 Å². The van der Waals surface area contributed by atoms with Crippen LogP contribution in [0.15, 0.2) is 12.4 Å². The summed E-state index contributed by atoms with van der Waals surface area (Å²) in [6.07, 6.45) is 6.28. The molecule has 1 fully saturated rings. The summed E-state index contributed by atoms with van der Waals surface area (Å²) < 4.78 is 12.3. The summed E-state index contributed by atoms with van der Waals surface area (Å²) in [6.45, 7) is 5.83. The molecule has 0 saturated carbocycles. The van der Waals surface area contributed by atoms with E-state index < -0.39 is 0 Å². The standard InChI is InChI=1S/C13H18N2O3/c1-3-17-13(16)5-4-12-10(2)15(9-14-12)8-11-6-7-18-11/h4-5,9,11H,3,6-8H2,1-2H3/b5-4+. The van der Waals surface area contributed by atoms with Crippen LogP contribution in [0.1, 0.15) is 24.7 Å². The van der Waals surface area contributed by atoms with Crippen molar-refractivity contribution >= 4 is 12.0 Å². The van der Waals surface area contributed by atoms with E-state index in [0.717, 1.165) is 31.0 Å². The summed E-state index contributed by atoms with van der Waals surface area (Å²) in [4.78, 5) is 15.5. The van der Waals surface area contributed by atoms with Gasteiger partial charge in [0.1, 0.15) is 0 Å². The second-order valence-electron chi connectivity index (χ2n) is 4.23. The van der Waals surface area contributed by atoms with Crippen molar-refractivity contribution in [3.63, 3.8) is 0 Å². The van der Waals surface area contributed by atoms with Crippen molar-refractivity contribution < 1.29 is 14.3 Å². The molecule has 0 aliphatic carbocycles. The van der Waals surface area contributed by atoms with Crippen LogP contribution in [0.5, 0.6) is 0 Å². The van der Waals surface area contributed by atoms with Gasteiger partial charge in [0.2, 0.25) is 0 Å². The van der Waals surface area contributed by atoms with Crippen molar-refractivity contribution in [2.45, 2.75) is 32.9 Å². The Balaban J connectivity index is 1.98. The molecule has 0 radical (unpaired) electrons. The molecule has 0 N–H and O–H groups in total. The van der Waals surface area contributed by atoms with Crippen molar-refractivity contribution in [2.24, 2.45) is 0 Å². The molecule has 0 amide bonds. The van der Waals surface area contributed by atoms with Gasteiger partial charge < -0.3 is 14.0 Å². The van der Waals surface area contributed by atoms with Crippen LogP contribution in [0.3, 0.4) is 0 Å². The Bertz CT molecular complexity index is 447. The van der Waals surface area contributed by atoms with Crippen LogP contribution in [0.4, 0.5) is 0 Å². The lowest BCUT2D eigenvalue weighted by Gasteiger charge is -2.27. The zero-order valence-corrected chi connectivity index (χ0v) is 10.8. The normalized spacial score (nSPS) is 18.9. The van der Waals surface area contributed by atoms with Gasteiger partial charge in [0.15, 0.2) is 0 Å². The molecule has 98 valence electrons. The number of imidazole rings is 1. The Morgan fingerprint density at radius 3 is 3.11 bits per heavy atom. The van der Waals surface area contributed by atoms with Gasteiger partial charge in [-0.25, -0.2) is 9.78 Å². The second-order valence-corrected chi connectivity index (χ2v) is 4.23. The number of esters is 1. The monoisotopic (exact) mass is 250 g/mol. The molecule has 5 nitrogen and oxygen atoms in total. The van der Waals surface area contributed by atoms with Gasteiger partial charge in [0, 0.05) is 18.4 Å². The Hall–Kier alpha value is -1.62. The number of nitrogens with zero attached hydrogens (tertiary/aromatic N) is 2. The molecule has 1 aromatic heterocycles. The van der Waals surface area contributed by atoms with E-state index in [2.05, 4.69) is 9.55 Å². The van der Waals surface area contributed by atoms with Crippen LogP contribution < -0.4 is 0 Å². The highest BCUT2D eigenvalue weighted by Gasteiger charge is 2.19. The summed E-state index contributed by atoms with van der Waals surface area (Å²) in [5, 5.41) is 0. The highest BCUT2D eigenvalue weighted by Crippen LogP contribution is 2.16. The van der Waals surface area contributed by atoms with Gasteiger partial charge in [0.25, 0.3) is 0 Å². The molecule has 2 rings (SSSR count). The molecule has 1 atom stereocenters. The molecule has 5 heteroatoms. The van der Waals surface area contributed by atoms with Gasteiger partial charge in [0.05, 0.1) is 31.3 Å². The maximum atomic E-state index is 11.2. The van der Waals surface area contributed by atoms with Crippen LogP contribution in [0.25, 0.3) is 6.08 Å². The van der Waals surface area contributed by atoms with Crippen molar-refractivity contribution in [1.82, 2.24) is 9.55 Å². The molecular weight excluding hydrogens is 232 g/mol. The average molecular weight is 250 g/mol. The third kappa shape index (κ3) is 2.98. The van der Waals surface area contributed by atoms with E-state index in [1.165, 1.54) is 6.08 Å². The van der Waals surface area contributed by atoms with Crippen molar-refractivity contribution in [3.05, 3.63) is 23.8 Å². The minimum Gasteiger partial charge on any atom is -0.463 e. The van der Waals surface area contributed by atoms with Crippen molar-refractivity contribution in [2.75, 3.05) is 13.2 Å². The molecule has 1 unspecified atom stereocenters. The lowest BCUT2D eigenvalue weighted by Crippen LogP contribution is -2.31. The van der Waals surface area contributed by atoms with Gasteiger partial charge in [-0.3, -0.25) is 0 Å². The predicted molar refractivity (Wildman–Crippen MR) is 67.0 cm³/mol. The molecule has 1 aliphatic rings. The fourth-order valence-electron chi connectivity index (χ4n) is 1.79. The topological polar surface area (TPSA) is 53.3 Å². The lowest BCUT2D eigenvalue weighted by molar-refractivity contribution is -0.137. The fourth-order valence-corrected chi connectivity index (χ4v) is 1.79. The smallest absolute Gasteiger partial charge is 0.330 e. The minimum absolute atomic E-state index is 0.305. The summed E-state index contributed by atoms with van der Waals surface area (Å²) >= 11 is 0. The fraction of sp³-hybridized carbons (Fsp3) is 0.538. The van der Waals surface area contributed by atoms with Crippen LogP contribution in [0, 0.1) is 6.92 Å². The van der Waals surface area contributed by atoms with Crippen LogP contribution in [-0.2, 0) is 20.8 Å². The molecule has 2 heterocycles. The van der Waals surface area contributed by atoms with E-state index in [1.54, 1.807) is 19.3 Å². The average Bonchev–Trinajstić information content (AvgIpc) is 2.63. The van der Waals surface area contributed by atoms with Crippen LogP contribution >= 0.6 is 0 Å². The number of hydrogen-bond acceptors (Lipinski definition) is 4. The molecule has 0 spiro atoms. The molecule has 1 aliphatic heterocycles. The Morgan fingerprint density at radius 2 is 2.50 bits per heavy atom. The van der Waals surface area contributed by atoms with Gasteiger partial charge in [-0.15, -0.1) is 0 Å². The third-order valence-corrected chi connectivity index (χ3v) is 3.00. The summed E-state index contributed by atoms with van der Waals surface area (Å²) in [6, 6.07) is 0. The zero-order valence-electron chi connectivity index (χ0n) is 10.8. The first kappa shape index (κ1) is 12.8. The van der Waals surface area contributed by atoms with Crippen LogP contribution in [0.2, 0.25) is 0 Å². The van der Waals surface area contributed by atoms with Crippen molar-refractivity contribution in [3.8, 4) is 0 Å². The molecular formula is C13H18N2O3. The number of carbonyl (C=O) groups is 1. The van der Waals surface area contributed by atoms with E-state index in [1.807, 2.05) is 6.92 Å². The van der Waals surface area contributed by atoms with E-state index in [4.69, 9.17) is 9.47 Å². The van der Waals surface area contributed by atoms with E-state index in [0.29, 0.717) is 12.7 Å². The van der Waals surface area contributed by atoms with Crippen LogP contribution in [-0.4, -0.2) is 34.8 Å². The number of aromatic nitrogens is 2. The second kappa shape index (κ2) is 5.82. The quantitative estimate of drug-likeness (QED) is 0.588. The Kier molecular flexibility index (Phi) is 4.15. The van der Waals surface area contributed by atoms with E-state index in [9.17, 15) is 4.79 Å². The van der Waals surface area contributed by atoms with Gasteiger partial charge in [-0.2, -0.15) is 0 Å². The third-order valence-electron chi connectivity index (χ3n) is 3.00. The molecule has 1 aromatic rings. The highest BCUT2D eigenvalue weighted by molar-refractivity contribution is 5.86. The maximum absolute atomic E-state index is 11.2. The summed E-state index contributed by atoms with van der Waals surface area (Å²) in [7, 11) is 0. The van der Waals surface area contributed by atoms with E-state index >= 15 is 0 Å². The van der Waals surface area contributed by atoms with Gasteiger partial charge >= 0.3 is 5.97 Å². The number of carbonyl (C=O) groups excluding carboxylic acids is 1. The lowest BCUT2D eigenvalue weighted by atomic mass is 10.2. The number of rotatable bonds is 5. The molecule has 0 aromatic carbocycles. The number of hydrogen-bond donors (Lipinski definition) is 0. The minimum atomic E-state index is -0.339. The first-order valence-corrected chi connectivity index (χ1v) is 6.19. The predicted octanol–water partition coefficient (Wildman–Crippen LogP) is 1.56. The maximum Gasteiger partial charge on any atom is 0.330 e. The van der Waals surface area contributed by atoms with Gasteiger partial charge in [-0.1, -0.05) is 0 Å². The number of ether oxygens (including phenoxy) is 2.